The molecule has 29 heavy (non-hydrogen) atoms. The molecule has 2 aliphatic rings. The van der Waals surface area contributed by atoms with Crippen molar-refractivity contribution >= 4 is 12.0 Å². The first-order valence-electron chi connectivity index (χ1n) is 10.5. The maximum absolute atomic E-state index is 12.8. The number of piperidine rings is 1. The smallest absolute Gasteiger partial charge is 0.410 e. The molecule has 1 N–H and O–H groups in total. The molecule has 2 amide bonds. The average Bonchev–Trinajstić information content (AvgIpc) is 2.69. The highest BCUT2D eigenvalue weighted by molar-refractivity contribution is 5.80. The fraction of sp³-hybridized carbons (Fsp3) is 0.714. The van der Waals surface area contributed by atoms with Crippen LogP contribution in [0.2, 0.25) is 0 Å². The molecule has 1 atom stereocenters. The lowest BCUT2D eigenvalue weighted by Crippen LogP contribution is -2.49. The zero-order valence-electron chi connectivity index (χ0n) is 17.6. The van der Waals surface area contributed by atoms with Crippen molar-refractivity contribution in [1.29, 1.82) is 0 Å². The van der Waals surface area contributed by atoms with Gasteiger partial charge in [-0.1, -0.05) is 0 Å². The molecule has 0 radical (unpaired) electrons. The van der Waals surface area contributed by atoms with Gasteiger partial charge in [-0.25, -0.2) is 14.8 Å². The van der Waals surface area contributed by atoms with Gasteiger partial charge < -0.3 is 19.7 Å². The van der Waals surface area contributed by atoms with Gasteiger partial charge >= 0.3 is 12.1 Å². The van der Waals surface area contributed by atoms with Gasteiger partial charge in [0.25, 0.3) is 0 Å². The number of likely N-dealkylation sites (tertiary alicyclic amines) is 1. The molecule has 8 heteroatoms. The van der Waals surface area contributed by atoms with E-state index in [1.807, 2.05) is 20.8 Å². The van der Waals surface area contributed by atoms with Gasteiger partial charge in [0.2, 0.25) is 5.91 Å². The molecule has 1 saturated heterocycles. The summed E-state index contributed by atoms with van der Waals surface area (Å²) in [7, 11) is 0. The summed E-state index contributed by atoms with van der Waals surface area (Å²) in [6, 6.07) is 2.31. The lowest BCUT2D eigenvalue weighted by atomic mass is 9.91. The molecular weight excluding hydrogens is 372 g/mol. The zero-order valence-corrected chi connectivity index (χ0v) is 17.6. The van der Waals surface area contributed by atoms with Gasteiger partial charge in [-0.15, -0.1) is 0 Å². The van der Waals surface area contributed by atoms with Crippen LogP contribution < -0.4 is 10.1 Å². The normalized spacial score (nSPS) is 25.2. The number of hydrogen-bond acceptors (Lipinski definition) is 6. The van der Waals surface area contributed by atoms with E-state index in [0.717, 1.165) is 38.5 Å². The van der Waals surface area contributed by atoms with Crippen LogP contribution in [0.3, 0.4) is 0 Å². The van der Waals surface area contributed by atoms with E-state index >= 15 is 0 Å². The highest BCUT2D eigenvalue weighted by Crippen LogP contribution is 2.24. The molecule has 0 bridgehead atoms. The highest BCUT2D eigenvalue weighted by Gasteiger charge is 2.32. The lowest BCUT2D eigenvalue weighted by molar-refractivity contribution is -0.127. The van der Waals surface area contributed by atoms with E-state index in [9.17, 15) is 9.59 Å². The van der Waals surface area contributed by atoms with E-state index in [4.69, 9.17) is 9.47 Å². The fourth-order valence-electron chi connectivity index (χ4n) is 3.82. The molecule has 1 unspecified atom stereocenters. The SMILES string of the molecule is CC(C)(C)OC(=O)N1CCCC(C(=O)NC2CCC(Oc3ncccn3)CC2)C1. The molecule has 1 aliphatic carbocycles. The van der Waals surface area contributed by atoms with Gasteiger partial charge in [0.1, 0.15) is 11.7 Å². The molecule has 1 saturated carbocycles. The predicted octanol–water partition coefficient (Wildman–Crippen LogP) is 2.93. The summed E-state index contributed by atoms with van der Waals surface area (Å²) in [5.74, 6) is -0.142. The molecule has 0 aromatic carbocycles. The second-order valence-corrected chi connectivity index (χ2v) is 8.90. The quantitative estimate of drug-likeness (QED) is 0.829. The Morgan fingerprint density at radius 2 is 1.79 bits per heavy atom. The van der Waals surface area contributed by atoms with Gasteiger partial charge in [0, 0.05) is 31.5 Å². The third-order valence-electron chi connectivity index (χ3n) is 5.28. The lowest BCUT2D eigenvalue weighted by Gasteiger charge is -2.35. The molecular formula is C21H32N4O4. The van der Waals surface area contributed by atoms with Crippen LogP contribution in [-0.4, -0.2) is 57.7 Å². The summed E-state index contributed by atoms with van der Waals surface area (Å²) in [5.41, 5.74) is -0.530. The Balaban J connectivity index is 1.43. The third kappa shape index (κ3) is 6.58. The number of nitrogens with one attached hydrogen (secondary N) is 1. The second kappa shape index (κ2) is 9.41. The van der Waals surface area contributed by atoms with Gasteiger partial charge in [-0.2, -0.15) is 0 Å². The van der Waals surface area contributed by atoms with Crippen LogP contribution in [-0.2, 0) is 9.53 Å². The minimum absolute atomic E-state index is 0.0361. The maximum atomic E-state index is 12.8. The van der Waals surface area contributed by atoms with Gasteiger partial charge in [-0.05, 0) is 65.4 Å². The first-order valence-corrected chi connectivity index (χ1v) is 10.5. The van der Waals surface area contributed by atoms with Crippen LogP contribution in [0, 0.1) is 5.92 Å². The predicted molar refractivity (Wildman–Crippen MR) is 107 cm³/mol. The van der Waals surface area contributed by atoms with E-state index in [0.29, 0.717) is 19.1 Å². The number of aromatic nitrogens is 2. The summed E-state index contributed by atoms with van der Waals surface area (Å²) in [4.78, 5) is 34.9. The van der Waals surface area contributed by atoms with Crippen molar-refractivity contribution in [3.63, 3.8) is 0 Å². The molecule has 1 aliphatic heterocycles. The first kappa shape index (κ1) is 21.3. The minimum Gasteiger partial charge on any atom is -0.460 e. The Labute approximate surface area is 172 Å². The summed E-state index contributed by atoms with van der Waals surface area (Å²) in [6.07, 6.45) is 8.15. The number of nitrogens with zero attached hydrogens (tertiary/aromatic N) is 3. The molecule has 160 valence electrons. The highest BCUT2D eigenvalue weighted by atomic mass is 16.6. The molecule has 1 aromatic heterocycles. The van der Waals surface area contributed by atoms with Gasteiger partial charge in [0.15, 0.2) is 0 Å². The Kier molecular flexibility index (Phi) is 6.92. The second-order valence-electron chi connectivity index (χ2n) is 8.90. The topological polar surface area (TPSA) is 93.7 Å². The monoisotopic (exact) mass is 404 g/mol. The van der Waals surface area contributed by atoms with E-state index < -0.39 is 5.60 Å². The van der Waals surface area contributed by atoms with Crippen LogP contribution in [0.5, 0.6) is 6.01 Å². The van der Waals surface area contributed by atoms with Crippen LogP contribution in [0.15, 0.2) is 18.5 Å². The standard InChI is InChI=1S/C21H32N4O4/c1-21(2,3)29-20(27)25-13-4-6-15(14-25)18(26)24-16-7-9-17(10-8-16)28-19-22-11-5-12-23-19/h5,11-12,15-17H,4,6-10,13-14H2,1-3H3,(H,24,26). The minimum atomic E-state index is -0.530. The van der Waals surface area contributed by atoms with Crippen molar-refractivity contribution in [2.75, 3.05) is 13.1 Å². The van der Waals surface area contributed by atoms with Crippen LogP contribution >= 0.6 is 0 Å². The fourth-order valence-corrected chi connectivity index (χ4v) is 3.82. The van der Waals surface area contributed by atoms with E-state index in [1.54, 1.807) is 23.4 Å². The third-order valence-corrected chi connectivity index (χ3v) is 5.28. The van der Waals surface area contributed by atoms with Crippen molar-refractivity contribution in [1.82, 2.24) is 20.2 Å². The van der Waals surface area contributed by atoms with Crippen molar-refractivity contribution < 1.29 is 19.1 Å². The van der Waals surface area contributed by atoms with Gasteiger partial charge in [0.05, 0.1) is 5.92 Å². The number of amides is 2. The van der Waals surface area contributed by atoms with Crippen molar-refractivity contribution in [2.24, 2.45) is 5.92 Å². The Bertz CT molecular complexity index is 684. The van der Waals surface area contributed by atoms with Crippen LogP contribution in [0.1, 0.15) is 59.3 Å². The van der Waals surface area contributed by atoms with Crippen LogP contribution in [0.25, 0.3) is 0 Å². The number of rotatable bonds is 4. The van der Waals surface area contributed by atoms with Crippen molar-refractivity contribution in [3.05, 3.63) is 18.5 Å². The molecule has 8 nitrogen and oxygen atoms in total. The Hall–Kier alpha value is -2.38. The Morgan fingerprint density at radius 3 is 2.45 bits per heavy atom. The van der Waals surface area contributed by atoms with E-state index in [-0.39, 0.29) is 30.1 Å². The summed E-state index contributed by atoms with van der Waals surface area (Å²) in [6.45, 7) is 6.61. The maximum Gasteiger partial charge on any atom is 0.410 e. The number of ether oxygens (including phenoxy) is 2. The van der Waals surface area contributed by atoms with Gasteiger partial charge in [-0.3, -0.25) is 4.79 Å². The number of carbonyl (C=O) groups is 2. The molecule has 3 rings (SSSR count). The zero-order chi connectivity index (χ0) is 20.9. The van der Waals surface area contributed by atoms with Crippen LogP contribution in [0.4, 0.5) is 4.79 Å². The first-order chi connectivity index (χ1) is 13.8. The Morgan fingerprint density at radius 1 is 1.10 bits per heavy atom. The summed E-state index contributed by atoms with van der Waals surface area (Å²) < 4.78 is 11.3. The molecule has 2 heterocycles. The molecule has 1 aromatic rings. The largest absolute Gasteiger partial charge is 0.460 e. The van der Waals surface area contributed by atoms with Crippen molar-refractivity contribution in [3.8, 4) is 6.01 Å². The van der Waals surface area contributed by atoms with E-state index in [1.165, 1.54) is 0 Å². The number of carbonyl (C=O) groups excluding carboxylic acids is 2. The van der Waals surface area contributed by atoms with E-state index in [2.05, 4.69) is 15.3 Å². The summed E-state index contributed by atoms with van der Waals surface area (Å²) >= 11 is 0. The number of hydrogen-bond donors (Lipinski definition) is 1. The molecule has 0 spiro atoms. The average molecular weight is 405 g/mol. The summed E-state index contributed by atoms with van der Waals surface area (Å²) in [5, 5.41) is 3.18. The van der Waals surface area contributed by atoms with Crippen molar-refractivity contribution in [2.45, 2.75) is 77.0 Å². The molecule has 2 fully saturated rings.